The summed E-state index contributed by atoms with van der Waals surface area (Å²) >= 11 is 0. The van der Waals surface area contributed by atoms with Crippen molar-refractivity contribution in [2.75, 3.05) is 4.72 Å². The van der Waals surface area contributed by atoms with Crippen molar-refractivity contribution in [3.63, 3.8) is 0 Å². The van der Waals surface area contributed by atoms with Crippen molar-refractivity contribution in [3.8, 4) is 0 Å². The number of benzene rings is 2. The van der Waals surface area contributed by atoms with Crippen LogP contribution in [0.4, 0.5) is 5.69 Å². The van der Waals surface area contributed by atoms with Gasteiger partial charge in [0, 0.05) is 5.69 Å². The van der Waals surface area contributed by atoms with Gasteiger partial charge in [-0.05, 0) is 31.2 Å². The van der Waals surface area contributed by atoms with Crippen LogP contribution < -0.4 is 4.72 Å². The van der Waals surface area contributed by atoms with Crippen molar-refractivity contribution in [1.82, 2.24) is 0 Å². The maximum Gasteiger partial charge on any atom is 0.261 e. The molecule has 1 N–H and O–H groups in total. The third-order valence-electron chi connectivity index (χ3n) is 2.36. The van der Waals surface area contributed by atoms with Gasteiger partial charge >= 0.3 is 0 Å². The quantitative estimate of drug-likeness (QED) is 0.940. The number of hydrogen-bond acceptors (Lipinski definition) is 2. The molecule has 0 radical (unpaired) electrons. The topological polar surface area (TPSA) is 46.2 Å². The zero-order valence-electron chi connectivity index (χ0n) is 9.83. The normalized spacial score (nSPS) is 10.5. The van der Waals surface area contributed by atoms with E-state index in [0.717, 1.165) is 5.56 Å². The minimum absolute atomic E-state index is 0. The SMILES string of the molecule is Cc1ccc(NS(=O)(=O)c2ccccc2)cc1.Cl. The van der Waals surface area contributed by atoms with Gasteiger partial charge in [0.1, 0.15) is 0 Å². The average molecular weight is 284 g/mol. The predicted octanol–water partition coefficient (Wildman–Crippen LogP) is 3.22. The molecule has 0 saturated heterocycles. The summed E-state index contributed by atoms with van der Waals surface area (Å²) in [5.41, 5.74) is 1.66. The molecule has 5 heteroatoms. The molecule has 0 heterocycles. The van der Waals surface area contributed by atoms with Gasteiger partial charge in [0.15, 0.2) is 0 Å². The Morgan fingerprint density at radius 3 is 2.00 bits per heavy atom. The highest BCUT2D eigenvalue weighted by Crippen LogP contribution is 2.15. The van der Waals surface area contributed by atoms with Crippen molar-refractivity contribution in [2.45, 2.75) is 11.8 Å². The predicted molar refractivity (Wildman–Crippen MR) is 75.7 cm³/mol. The fraction of sp³-hybridized carbons (Fsp3) is 0.0769. The highest BCUT2D eigenvalue weighted by atomic mass is 35.5. The van der Waals surface area contributed by atoms with Gasteiger partial charge in [-0.15, -0.1) is 12.4 Å². The second-order valence-electron chi connectivity index (χ2n) is 3.78. The van der Waals surface area contributed by atoms with Crippen LogP contribution in [-0.2, 0) is 10.0 Å². The molecule has 0 aliphatic carbocycles. The van der Waals surface area contributed by atoms with E-state index in [2.05, 4.69) is 4.72 Å². The molecule has 0 amide bonds. The van der Waals surface area contributed by atoms with Crippen molar-refractivity contribution < 1.29 is 8.42 Å². The van der Waals surface area contributed by atoms with E-state index in [1.54, 1.807) is 42.5 Å². The van der Waals surface area contributed by atoms with Crippen LogP contribution in [0.25, 0.3) is 0 Å². The van der Waals surface area contributed by atoms with Crippen LogP contribution >= 0.6 is 12.4 Å². The molecule has 0 saturated carbocycles. The minimum atomic E-state index is -3.48. The molecule has 0 unspecified atom stereocenters. The first-order valence-corrected chi connectivity index (χ1v) is 6.71. The zero-order valence-corrected chi connectivity index (χ0v) is 11.5. The van der Waals surface area contributed by atoms with Gasteiger partial charge in [-0.2, -0.15) is 0 Å². The van der Waals surface area contributed by atoms with Gasteiger partial charge in [-0.1, -0.05) is 35.9 Å². The van der Waals surface area contributed by atoms with Crippen LogP contribution in [0.1, 0.15) is 5.56 Å². The Hall–Kier alpha value is -1.52. The highest BCUT2D eigenvalue weighted by molar-refractivity contribution is 7.92. The molecule has 3 nitrogen and oxygen atoms in total. The molecule has 0 spiro atoms. The van der Waals surface area contributed by atoms with E-state index in [-0.39, 0.29) is 17.3 Å². The lowest BCUT2D eigenvalue weighted by molar-refractivity contribution is 0.601. The van der Waals surface area contributed by atoms with Crippen molar-refractivity contribution in [1.29, 1.82) is 0 Å². The van der Waals surface area contributed by atoms with Gasteiger partial charge in [-0.3, -0.25) is 4.72 Å². The van der Waals surface area contributed by atoms with E-state index in [1.165, 1.54) is 0 Å². The highest BCUT2D eigenvalue weighted by Gasteiger charge is 2.12. The molecule has 0 aliphatic rings. The third-order valence-corrected chi connectivity index (χ3v) is 3.75. The van der Waals surface area contributed by atoms with Crippen LogP contribution in [0.3, 0.4) is 0 Å². The number of halogens is 1. The van der Waals surface area contributed by atoms with Crippen LogP contribution in [0.5, 0.6) is 0 Å². The number of hydrogen-bond donors (Lipinski definition) is 1. The molecule has 2 aromatic rings. The van der Waals surface area contributed by atoms with Crippen LogP contribution in [0.2, 0.25) is 0 Å². The lowest BCUT2D eigenvalue weighted by Gasteiger charge is -2.07. The van der Waals surface area contributed by atoms with E-state index in [4.69, 9.17) is 0 Å². The number of anilines is 1. The second-order valence-corrected chi connectivity index (χ2v) is 5.47. The van der Waals surface area contributed by atoms with Crippen molar-refractivity contribution in [2.24, 2.45) is 0 Å². The minimum Gasteiger partial charge on any atom is -0.280 e. The van der Waals surface area contributed by atoms with E-state index < -0.39 is 10.0 Å². The summed E-state index contributed by atoms with van der Waals surface area (Å²) in [6.45, 7) is 1.95. The summed E-state index contributed by atoms with van der Waals surface area (Å²) in [4.78, 5) is 0.264. The summed E-state index contributed by atoms with van der Waals surface area (Å²) in [5, 5.41) is 0. The number of aryl methyl sites for hydroxylation is 1. The van der Waals surface area contributed by atoms with E-state index >= 15 is 0 Å². The molecule has 0 aliphatic heterocycles. The van der Waals surface area contributed by atoms with Crippen molar-refractivity contribution >= 4 is 28.1 Å². The van der Waals surface area contributed by atoms with Gasteiger partial charge < -0.3 is 0 Å². The van der Waals surface area contributed by atoms with Crippen LogP contribution in [-0.4, -0.2) is 8.42 Å². The monoisotopic (exact) mass is 283 g/mol. The third kappa shape index (κ3) is 3.48. The van der Waals surface area contributed by atoms with Gasteiger partial charge in [0.2, 0.25) is 0 Å². The second kappa shape index (κ2) is 5.89. The van der Waals surface area contributed by atoms with Crippen LogP contribution in [0, 0.1) is 6.92 Å². The molecule has 2 rings (SSSR count). The fourth-order valence-electron chi connectivity index (χ4n) is 1.44. The molecule has 0 fully saturated rings. The summed E-state index contributed by atoms with van der Waals surface area (Å²) < 4.78 is 26.5. The largest absolute Gasteiger partial charge is 0.280 e. The zero-order chi connectivity index (χ0) is 12.3. The summed E-state index contributed by atoms with van der Waals surface area (Å²) in [6, 6.07) is 15.5. The first kappa shape index (κ1) is 14.5. The molecular weight excluding hydrogens is 270 g/mol. The first-order valence-electron chi connectivity index (χ1n) is 5.22. The maximum absolute atomic E-state index is 12.0. The Balaban J connectivity index is 0.00000162. The smallest absolute Gasteiger partial charge is 0.261 e. The Labute approximate surface area is 113 Å². The van der Waals surface area contributed by atoms with E-state index in [9.17, 15) is 8.42 Å². The lowest BCUT2D eigenvalue weighted by Crippen LogP contribution is -2.12. The van der Waals surface area contributed by atoms with Gasteiger partial charge in [-0.25, -0.2) is 8.42 Å². The van der Waals surface area contributed by atoms with E-state index in [1.807, 2.05) is 19.1 Å². The number of sulfonamides is 1. The summed E-state index contributed by atoms with van der Waals surface area (Å²) in [6.07, 6.45) is 0. The molecule has 0 aromatic heterocycles. The Morgan fingerprint density at radius 1 is 0.889 bits per heavy atom. The summed E-state index contributed by atoms with van der Waals surface area (Å²) in [5.74, 6) is 0. The molecule has 96 valence electrons. The molecule has 0 atom stereocenters. The van der Waals surface area contributed by atoms with Crippen molar-refractivity contribution in [3.05, 3.63) is 60.2 Å². The van der Waals surface area contributed by atoms with Gasteiger partial charge in [0.05, 0.1) is 4.90 Å². The van der Waals surface area contributed by atoms with Gasteiger partial charge in [0.25, 0.3) is 10.0 Å². The number of rotatable bonds is 3. The molecule has 18 heavy (non-hydrogen) atoms. The Kier molecular flexibility index (Phi) is 4.76. The molecule has 0 bridgehead atoms. The number of nitrogens with one attached hydrogen (secondary N) is 1. The summed E-state index contributed by atoms with van der Waals surface area (Å²) in [7, 11) is -3.48. The van der Waals surface area contributed by atoms with Crippen LogP contribution in [0.15, 0.2) is 59.5 Å². The maximum atomic E-state index is 12.0. The average Bonchev–Trinajstić information content (AvgIpc) is 2.33. The molecule has 2 aromatic carbocycles. The Bertz CT molecular complexity index is 595. The molecular formula is C13H14ClNO2S. The first-order chi connectivity index (χ1) is 8.08. The fourth-order valence-corrected chi connectivity index (χ4v) is 2.52. The lowest BCUT2D eigenvalue weighted by atomic mass is 10.2. The van der Waals surface area contributed by atoms with E-state index in [0.29, 0.717) is 5.69 Å². The standard InChI is InChI=1S/C13H13NO2S.ClH/c1-11-7-9-12(10-8-11)14-17(15,16)13-5-3-2-4-6-13;/h2-10,14H,1H3;1H. The Morgan fingerprint density at radius 2 is 1.44 bits per heavy atom.